The number of hydrogen-bond acceptors (Lipinski definition) is 2. The third kappa shape index (κ3) is 2.43. The van der Waals surface area contributed by atoms with Crippen LogP contribution >= 0.6 is 0 Å². The van der Waals surface area contributed by atoms with Gasteiger partial charge in [-0.2, -0.15) is 0 Å². The molecule has 0 saturated carbocycles. The highest BCUT2D eigenvalue weighted by Gasteiger charge is 2.22. The molecule has 0 bridgehead atoms. The lowest BCUT2D eigenvalue weighted by Gasteiger charge is -2.17. The van der Waals surface area contributed by atoms with Crippen LogP contribution in [0, 0.1) is 0 Å². The maximum absolute atomic E-state index is 12.3. The summed E-state index contributed by atoms with van der Waals surface area (Å²) < 4.78 is 5.28. The Bertz CT molecular complexity index is 409. The van der Waals surface area contributed by atoms with Gasteiger partial charge in [-0.3, -0.25) is 4.79 Å². The molecule has 3 nitrogen and oxygen atoms in total. The molecule has 0 spiro atoms. The molecule has 1 aromatic carbocycles. The van der Waals surface area contributed by atoms with Crippen molar-refractivity contribution >= 4 is 5.91 Å². The summed E-state index contributed by atoms with van der Waals surface area (Å²) in [5, 5.41) is 0. The Hall–Kier alpha value is -1.51. The molecule has 3 heteroatoms. The Balaban J connectivity index is 2.30. The van der Waals surface area contributed by atoms with Gasteiger partial charge in [0, 0.05) is 13.1 Å². The van der Waals surface area contributed by atoms with Crippen LogP contribution in [0.3, 0.4) is 0 Å². The van der Waals surface area contributed by atoms with Gasteiger partial charge in [0.1, 0.15) is 5.75 Å². The highest BCUT2D eigenvalue weighted by Crippen LogP contribution is 2.23. The van der Waals surface area contributed by atoms with E-state index in [1.807, 2.05) is 23.1 Å². The van der Waals surface area contributed by atoms with Gasteiger partial charge in [-0.1, -0.05) is 13.0 Å². The average molecular weight is 233 g/mol. The van der Waals surface area contributed by atoms with Crippen molar-refractivity contribution in [3.05, 3.63) is 29.3 Å². The zero-order valence-electron chi connectivity index (χ0n) is 10.5. The normalized spacial score (nSPS) is 15.1. The van der Waals surface area contributed by atoms with Crippen LogP contribution in [-0.2, 0) is 6.42 Å². The highest BCUT2D eigenvalue weighted by atomic mass is 16.5. The van der Waals surface area contributed by atoms with Crippen molar-refractivity contribution in [1.82, 2.24) is 4.90 Å². The molecule has 1 aliphatic rings. The minimum Gasteiger partial charge on any atom is -0.496 e. The molecule has 0 atom stereocenters. The first-order valence-corrected chi connectivity index (χ1v) is 6.22. The smallest absolute Gasteiger partial charge is 0.257 e. The fourth-order valence-electron chi connectivity index (χ4n) is 2.23. The molecule has 0 unspecified atom stereocenters. The summed E-state index contributed by atoms with van der Waals surface area (Å²) in [5.74, 6) is 0.786. The van der Waals surface area contributed by atoms with Crippen LogP contribution in [0.5, 0.6) is 5.75 Å². The number of carbonyl (C=O) groups is 1. The van der Waals surface area contributed by atoms with E-state index in [0.29, 0.717) is 11.3 Å². The average Bonchev–Trinajstić information content (AvgIpc) is 2.91. The number of benzene rings is 1. The van der Waals surface area contributed by atoms with E-state index in [1.165, 1.54) is 5.56 Å². The molecular weight excluding hydrogens is 214 g/mol. The summed E-state index contributed by atoms with van der Waals surface area (Å²) in [6.45, 7) is 3.84. The number of rotatable bonds is 3. The SMILES string of the molecule is CCc1ccc(OC)c(C(=O)N2CCCC2)c1. The lowest BCUT2D eigenvalue weighted by Crippen LogP contribution is -2.28. The topological polar surface area (TPSA) is 29.5 Å². The third-order valence-electron chi connectivity index (χ3n) is 3.30. The van der Waals surface area contributed by atoms with Crippen LogP contribution in [0.4, 0.5) is 0 Å². The molecule has 1 aromatic rings. The number of ether oxygens (including phenoxy) is 1. The monoisotopic (exact) mass is 233 g/mol. The Kier molecular flexibility index (Phi) is 3.67. The Morgan fingerprint density at radius 2 is 2.06 bits per heavy atom. The molecule has 0 aromatic heterocycles. The van der Waals surface area contributed by atoms with Gasteiger partial charge < -0.3 is 9.64 Å². The van der Waals surface area contributed by atoms with Gasteiger partial charge in [-0.25, -0.2) is 0 Å². The lowest BCUT2D eigenvalue weighted by molar-refractivity contribution is 0.0789. The van der Waals surface area contributed by atoms with Gasteiger partial charge in [0.05, 0.1) is 12.7 Å². The van der Waals surface area contributed by atoms with Gasteiger partial charge in [-0.05, 0) is 37.0 Å². The molecule has 1 aliphatic heterocycles. The van der Waals surface area contributed by atoms with Crippen molar-refractivity contribution in [1.29, 1.82) is 0 Å². The standard InChI is InChI=1S/C14H19NO2/c1-3-11-6-7-13(17-2)12(10-11)14(16)15-8-4-5-9-15/h6-7,10H,3-5,8-9H2,1-2H3. The van der Waals surface area contributed by atoms with Gasteiger partial charge in [0.15, 0.2) is 0 Å². The number of methoxy groups -OCH3 is 1. The van der Waals surface area contributed by atoms with Crippen LogP contribution in [0.15, 0.2) is 18.2 Å². The molecule has 1 heterocycles. The molecule has 0 N–H and O–H groups in total. The molecule has 1 saturated heterocycles. The highest BCUT2D eigenvalue weighted by molar-refractivity contribution is 5.97. The van der Waals surface area contributed by atoms with Crippen molar-refractivity contribution in [2.75, 3.05) is 20.2 Å². The summed E-state index contributed by atoms with van der Waals surface area (Å²) in [4.78, 5) is 14.3. The molecule has 1 fully saturated rings. The van der Waals surface area contributed by atoms with Gasteiger partial charge in [0.25, 0.3) is 5.91 Å². The fourth-order valence-corrected chi connectivity index (χ4v) is 2.23. The second kappa shape index (κ2) is 5.21. The molecule has 2 rings (SSSR count). The van der Waals surface area contributed by atoms with E-state index in [-0.39, 0.29) is 5.91 Å². The minimum atomic E-state index is 0.106. The number of carbonyl (C=O) groups excluding carboxylic acids is 1. The Morgan fingerprint density at radius 3 is 2.65 bits per heavy atom. The maximum Gasteiger partial charge on any atom is 0.257 e. The zero-order valence-corrected chi connectivity index (χ0v) is 10.5. The van der Waals surface area contributed by atoms with Crippen molar-refractivity contribution in [3.8, 4) is 5.75 Å². The quantitative estimate of drug-likeness (QED) is 0.802. The molecule has 0 aliphatic carbocycles. The number of hydrogen-bond donors (Lipinski definition) is 0. The van der Waals surface area contributed by atoms with Crippen LogP contribution in [0.2, 0.25) is 0 Å². The van der Waals surface area contributed by atoms with Gasteiger partial charge >= 0.3 is 0 Å². The van der Waals surface area contributed by atoms with E-state index >= 15 is 0 Å². The zero-order chi connectivity index (χ0) is 12.3. The summed E-state index contributed by atoms with van der Waals surface area (Å²) in [6, 6.07) is 5.86. The maximum atomic E-state index is 12.3. The number of likely N-dealkylation sites (tertiary alicyclic amines) is 1. The number of amides is 1. The number of nitrogens with zero attached hydrogens (tertiary/aromatic N) is 1. The Morgan fingerprint density at radius 1 is 1.35 bits per heavy atom. The predicted octanol–water partition coefficient (Wildman–Crippen LogP) is 2.49. The van der Waals surface area contributed by atoms with Gasteiger partial charge in [-0.15, -0.1) is 0 Å². The van der Waals surface area contributed by atoms with Crippen LogP contribution in [0.25, 0.3) is 0 Å². The first-order chi connectivity index (χ1) is 8.26. The van der Waals surface area contributed by atoms with E-state index in [2.05, 4.69) is 6.92 Å². The van der Waals surface area contributed by atoms with Crippen molar-refractivity contribution in [3.63, 3.8) is 0 Å². The van der Waals surface area contributed by atoms with Crippen LogP contribution in [-0.4, -0.2) is 31.0 Å². The second-order valence-corrected chi connectivity index (χ2v) is 4.39. The van der Waals surface area contributed by atoms with E-state index in [4.69, 9.17) is 4.74 Å². The van der Waals surface area contributed by atoms with Crippen molar-refractivity contribution in [2.45, 2.75) is 26.2 Å². The van der Waals surface area contributed by atoms with E-state index in [1.54, 1.807) is 7.11 Å². The lowest BCUT2D eigenvalue weighted by atomic mass is 10.1. The first kappa shape index (κ1) is 12.0. The predicted molar refractivity (Wildman–Crippen MR) is 67.5 cm³/mol. The number of aryl methyl sites for hydroxylation is 1. The van der Waals surface area contributed by atoms with Crippen molar-refractivity contribution < 1.29 is 9.53 Å². The molecule has 0 radical (unpaired) electrons. The fraction of sp³-hybridized carbons (Fsp3) is 0.500. The summed E-state index contributed by atoms with van der Waals surface area (Å²) in [5.41, 5.74) is 1.88. The Labute approximate surface area is 102 Å². The molecule has 1 amide bonds. The summed E-state index contributed by atoms with van der Waals surface area (Å²) in [7, 11) is 1.61. The minimum absolute atomic E-state index is 0.106. The summed E-state index contributed by atoms with van der Waals surface area (Å²) in [6.07, 6.45) is 3.16. The largest absolute Gasteiger partial charge is 0.496 e. The summed E-state index contributed by atoms with van der Waals surface area (Å²) >= 11 is 0. The van der Waals surface area contributed by atoms with E-state index in [0.717, 1.165) is 32.4 Å². The van der Waals surface area contributed by atoms with E-state index in [9.17, 15) is 4.79 Å². The van der Waals surface area contributed by atoms with Gasteiger partial charge in [0.2, 0.25) is 0 Å². The molecule has 92 valence electrons. The molecular formula is C14H19NO2. The molecule has 17 heavy (non-hydrogen) atoms. The van der Waals surface area contributed by atoms with E-state index < -0.39 is 0 Å². The first-order valence-electron chi connectivity index (χ1n) is 6.22. The van der Waals surface area contributed by atoms with Crippen LogP contribution in [0.1, 0.15) is 35.7 Å². The van der Waals surface area contributed by atoms with Crippen LogP contribution < -0.4 is 4.74 Å². The third-order valence-corrected chi connectivity index (χ3v) is 3.30. The van der Waals surface area contributed by atoms with Crippen molar-refractivity contribution in [2.24, 2.45) is 0 Å². The second-order valence-electron chi connectivity index (χ2n) is 4.39.